The first-order valence-corrected chi connectivity index (χ1v) is 9.31. The summed E-state index contributed by atoms with van der Waals surface area (Å²) in [6.07, 6.45) is -0.444. The van der Waals surface area contributed by atoms with Gasteiger partial charge in [-0.05, 0) is 55.8 Å². The predicted molar refractivity (Wildman–Crippen MR) is 105 cm³/mol. The van der Waals surface area contributed by atoms with Crippen molar-refractivity contribution >= 4 is 11.7 Å². The number of likely N-dealkylation sites (N-methyl/N-ethyl adjacent to an activating group) is 1. The molecule has 0 spiro atoms. The van der Waals surface area contributed by atoms with Crippen LogP contribution in [0.4, 0.5) is 5.82 Å². The molecule has 1 fully saturated rings. The second-order valence-corrected chi connectivity index (χ2v) is 7.06. The predicted octanol–water partition coefficient (Wildman–Crippen LogP) is 2.53. The topological polar surface area (TPSA) is 74.7 Å². The highest BCUT2D eigenvalue weighted by Gasteiger charge is 2.30. The highest BCUT2D eigenvalue weighted by Crippen LogP contribution is 2.17. The van der Waals surface area contributed by atoms with Gasteiger partial charge in [0.05, 0.1) is 25.4 Å². The molecule has 6 heteroatoms. The number of aliphatic hydroxyl groups excluding tert-OH is 1. The molecule has 3 rings (SSSR count). The van der Waals surface area contributed by atoms with E-state index in [9.17, 15) is 9.90 Å². The van der Waals surface area contributed by atoms with Crippen LogP contribution in [0.1, 0.15) is 34.1 Å². The van der Waals surface area contributed by atoms with Crippen LogP contribution in [0.15, 0.2) is 36.4 Å². The first-order valence-electron chi connectivity index (χ1n) is 9.31. The highest BCUT2D eigenvalue weighted by molar-refractivity contribution is 6.03. The van der Waals surface area contributed by atoms with Crippen LogP contribution >= 0.6 is 0 Å². The van der Waals surface area contributed by atoms with E-state index in [1.165, 1.54) is 0 Å². The second kappa shape index (κ2) is 8.61. The second-order valence-electron chi connectivity index (χ2n) is 7.06. The van der Waals surface area contributed by atoms with Crippen LogP contribution in [-0.4, -0.2) is 52.8 Å². The number of hydrogen-bond acceptors (Lipinski definition) is 5. The Kier molecular flexibility index (Phi) is 6.21. The summed E-state index contributed by atoms with van der Waals surface area (Å²) in [5, 5.41) is 12.9. The number of rotatable bonds is 6. The minimum atomic E-state index is -0.444. The van der Waals surface area contributed by atoms with Crippen molar-refractivity contribution in [3.63, 3.8) is 0 Å². The van der Waals surface area contributed by atoms with E-state index >= 15 is 0 Å². The zero-order valence-corrected chi connectivity index (χ0v) is 16.1. The van der Waals surface area contributed by atoms with Gasteiger partial charge in [0, 0.05) is 17.8 Å². The Balaban J connectivity index is 1.64. The molecule has 2 heterocycles. The number of anilines is 1. The minimum Gasteiger partial charge on any atom is -0.389 e. The molecule has 1 aliphatic rings. The van der Waals surface area contributed by atoms with E-state index in [0.29, 0.717) is 31.1 Å². The van der Waals surface area contributed by atoms with Gasteiger partial charge in [-0.1, -0.05) is 19.1 Å². The first kappa shape index (κ1) is 19.5. The fraction of sp³-hybridized carbons (Fsp3) is 0.429. The highest BCUT2D eigenvalue weighted by atomic mass is 16.5. The van der Waals surface area contributed by atoms with Crippen LogP contribution in [-0.2, 0) is 11.3 Å². The molecule has 2 aromatic rings. The summed E-state index contributed by atoms with van der Waals surface area (Å²) in [7, 11) is 0. The Morgan fingerprint density at radius 3 is 2.59 bits per heavy atom. The van der Waals surface area contributed by atoms with Crippen molar-refractivity contribution in [2.75, 3.05) is 25.1 Å². The summed E-state index contributed by atoms with van der Waals surface area (Å²) in [6.45, 7) is 8.44. The number of hydrogen-bond donors (Lipinski definition) is 2. The van der Waals surface area contributed by atoms with Gasteiger partial charge in [0.1, 0.15) is 5.82 Å². The van der Waals surface area contributed by atoms with Crippen molar-refractivity contribution in [1.82, 2.24) is 9.88 Å². The number of ether oxygens (including phenoxy) is 1. The van der Waals surface area contributed by atoms with Gasteiger partial charge in [0.15, 0.2) is 0 Å². The average molecular weight is 369 g/mol. The molecule has 0 bridgehead atoms. The number of pyridine rings is 1. The van der Waals surface area contributed by atoms with E-state index in [-0.39, 0.29) is 11.9 Å². The van der Waals surface area contributed by atoms with E-state index in [4.69, 9.17) is 4.74 Å². The SMILES string of the molecule is CCN(Cc1ccc(C(=O)Nc2cc(C)cc(C)n2)cc1)[C@@H]1COC[C@H]1O. The van der Waals surface area contributed by atoms with Crippen LogP contribution in [0.25, 0.3) is 0 Å². The molecule has 0 radical (unpaired) electrons. The molecule has 1 aromatic carbocycles. The van der Waals surface area contributed by atoms with Crippen LogP contribution in [0, 0.1) is 13.8 Å². The van der Waals surface area contributed by atoms with Crippen molar-refractivity contribution in [1.29, 1.82) is 0 Å². The first-order chi connectivity index (χ1) is 13.0. The van der Waals surface area contributed by atoms with Gasteiger partial charge < -0.3 is 15.2 Å². The van der Waals surface area contributed by atoms with E-state index in [1.807, 2.05) is 50.2 Å². The third-order valence-electron chi connectivity index (χ3n) is 4.84. The van der Waals surface area contributed by atoms with Gasteiger partial charge in [-0.15, -0.1) is 0 Å². The number of aromatic nitrogens is 1. The Hall–Kier alpha value is -2.28. The van der Waals surface area contributed by atoms with E-state index in [2.05, 4.69) is 22.1 Å². The molecule has 144 valence electrons. The number of carbonyl (C=O) groups excluding carboxylic acids is 1. The Morgan fingerprint density at radius 2 is 2.00 bits per heavy atom. The summed E-state index contributed by atoms with van der Waals surface area (Å²) in [6, 6.07) is 11.4. The molecule has 0 aliphatic carbocycles. The van der Waals surface area contributed by atoms with Gasteiger partial charge in [0.2, 0.25) is 0 Å². The summed E-state index contributed by atoms with van der Waals surface area (Å²) in [4.78, 5) is 19.0. The van der Waals surface area contributed by atoms with Crippen molar-refractivity contribution in [3.05, 3.63) is 58.8 Å². The number of aryl methyl sites for hydroxylation is 2. The van der Waals surface area contributed by atoms with E-state index < -0.39 is 6.10 Å². The molecular weight excluding hydrogens is 342 g/mol. The largest absolute Gasteiger partial charge is 0.389 e. The fourth-order valence-electron chi connectivity index (χ4n) is 3.43. The number of nitrogens with one attached hydrogen (secondary N) is 1. The Bertz CT molecular complexity index is 772. The van der Waals surface area contributed by atoms with Crippen molar-refractivity contribution < 1.29 is 14.6 Å². The number of aliphatic hydroxyl groups is 1. The molecule has 1 saturated heterocycles. The quantitative estimate of drug-likeness (QED) is 0.818. The molecule has 2 atom stereocenters. The number of amides is 1. The van der Waals surface area contributed by atoms with Crippen molar-refractivity contribution in [2.45, 2.75) is 39.5 Å². The maximum Gasteiger partial charge on any atom is 0.256 e. The fourth-order valence-corrected chi connectivity index (χ4v) is 3.43. The maximum absolute atomic E-state index is 12.5. The van der Waals surface area contributed by atoms with Crippen LogP contribution < -0.4 is 5.32 Å². The molecule has 1 aliphatic heterocycles. The third kappa shape index (κ3) is 4.91. The molecule has 1 amide bonds. The monoisotopic (exact) mass is 369 g/mol. The number of nitrogens with zero attached hydrogens (tertiary/aromatic N) is 2. The van der Waals surface area contributed by atoms with Gasteiger partial charge in [-0.3, -0.25) is 9.69 Å². The maximum atomic E-state index is 12.5. The lowest BCUT2D eigenvalue weighted by atomic mass is 10.1. The normalized spacial score (nSPS) is 19.4. The molecular formula is C21H27N3O3. The van der Waals surface area contributed by atoms with E-state index in [0.717, 1.165) is 23.4 Å². The van der Waals surface area contributed by atoms with Gasteiger partial charge in [0.25, 0.3) is 5.91 Å². The summed E-state index contributed by atoms with van der Waals surface area (Å²) < 4.78 is 5.36. The Morgan fingerprint density at radius 1 is 1.26 bits per heavy atom. The third-order valence-corrected chi connectivity index (χ3v) is 4.84. The zero-order valence-electron chi connectivity index (χ0n) is 16.1. The molecule has 0 unspecified atom stereocenters. The van der Waals surface area contributed by atoms with Crippen LogP contribution in [0.2, 0.25) is 0 Å². The molecule has 27 heavy (non-hydrogen) atoms. The minimum absolute atomic E-state index is 0.0219. The molecule has 2 N–H and O–H groups in total. The molecule has 0 saturated carbocycles. The molecule has 1 aromatic heterocycles. The van der Waals surface area contributed by atoms with Crippen molar-refractivity contribution in [3.8, 4) is 0 Å². The lowest BCUT2D eigenvalue weighted by Crippen LogP contribution is -2.42. The smallest absolute Gasteiger partial charge is 0.256 e. The number of carbonyl (C=O) groups is 1. The van der Waals surface area contributed by atoms with Gasteiger partial charge in [-0.25, -0.2) is 4.98 Å². The Labute approximate surface area is 160 Å². The molecule has 6 nitrogen and oxygen atoms in total. The summed E-state index contributed by atoms with van der Waals surface area (Å²) >= 11 is 0. The van der Waals surface area contributed by atoms with Crippen LogP contribution in [0.3, 0.4) is 0 Å². The van der Waals surface area contributed by atoms with Gasteiger partial charge >= 0.3 is 0 Å². The van der Waals surface area contributed by atoms with Gasteiger partial charge in [-0.2, -0.15) is 0 Å². The number of benzene rings is 1. The zero-order chi connectivity index (χ0) is 19.4. The van der Waals surface area contributed by atoms with Crippen molar-refractivity contribution in [2.24, 2.45) is 0 Å². The lowest BCUT2D eigenvalue weighted by molar-refractivity contribution is 0.0808. The lowest BCUT2D eigenvalue weighted by Gasteiger charge is -2.28. The standard InChI is InChI=1S/C21H27N3O3/c1-4-24(18-12-27-13-19(18)25)11-16-5-7-17(8-6-16)21(26)23-20-10-14(2)9-15(3)22-20/h5-10,18-19,25H,4,11-13H2,1-3H3,(H,22,23,26)/t18-,19-/m1/s1. The average Bonchev–Trinajstić information content (AvgIpc) is 3.05. The summed E-state index contributed by atoms with van der Waals surface area (Å²) in [5.41, 5.74) is 3.62. The van der Waals surface area contributed by atoms with E-state index in [1.54, 1.807) is 0 Å². The van der Waals surface area contributed by atoms with Crippen LogP contribution in [0.5, 0.6) is 0 Å². The summed E-state index contributed by atoms with van der Waals surface area (Å²) in [5.74, 6) is 0.389.